The second-order valence-electron chi connectivity index (χ2n) is 10.0. The number of hydrogen-bond donors (Lipinski definition) is 1. The van der Waals surface area contributed by atoms with Crippen molar-refractivity contribution >= 4 is 17.4 Å². The molecule has 3 aromatic carbocycles. The molecular formula is C28H31NO2. The molecule has 3 aromatic rings. The minimum Gasteiger partial charge on any atom is -0.322 e. The molecule has 0 spiro atoms. The lowest BCUT2D eigenvalue weighted by Gasteiger charge is -2.19. The van der Waals surface area contributed by atoms with Crippen LogP contribution in [0.2, 0.25) is 0 Å². The quantitative estimate of drug-likeness (QED) is 0.480. The van der Waals surface area contributed by atoms with E-state index in [-0.39, 0.29) is 22.5 Å². The van der Waals surface area contributed by atoms with Gasteiger partial charge in [-0.2, -0.15) is 0 Å². The third kappa shape index (κ3) is 5.49. The summed E-state index contributed by atoms with van der Waals surface area (Å²) in [4.78, 5) is 25.6. The summed E-state index contributed by atoms with van der Waals surface area (Å²) in [5.74, 6) is -0.259. The highest BCUT2D eigenvalue weighted by Gasteiger charge is 2.17. The van der Waals surface area contributed by atoms with E-state index in [4.69, 9.17) is 0 Å². The number of carbonyl (C=O) groups is 2. The maximum atomic E-state index is 12.9. The largest absolute Gasteiger partial charge is 0.322 e. The molecule has 0 aliphatic heterocycles. The van der Waals surface area contributed by atoms with Crippen molar-refractivity contribution in [2.75, 3.05) is 5.32 Å². The van der Waals surface area contributed by atoms with Gasteiger partial charge < -0.3 is 5.32 Å². The summed E-state index contributed by atoms with van der Waals surface area (Å²) in [5.41, 5.74) is 4.80. The van der Waals surface area contributed by atoms with E-state index in [2.05, 4.69) is 46.9 Å². The molecule has 3 nitrogen and oxygen atoms in total. The second-order valence-corrected chi connectivity index (χ2v) is 10.0. The highest BCUT2D eigenvalue weighted by Crippen LogP contribution is 2.24. The summed E-state index contributed by atoms with van der Waals surface area (Å²) in [6.07, 6.45) is 0. The van der Waals surface area contributed by atoms with Gasteiger partial charge >= 0.3 is 0 Å². The molecule has 0 aliphatic carbocycles. The molecule has 0 radical (unpaired) electrons. The van der Waals surface area contributed by atoms with Crippen molar-refractivity contribution in [3.63, 3.8) is 0 Å². The summed E-state index contributed by atoms with van der Waals surface area (Å²) in [7, 11) is 0. The first-order valence-corrected chi connectivity index (χ1v) is 10.6. The van der Waals surface area contributed by atoms with E-state index < -0.39 is 0 Å². The number of ketones is 1. The average Bonchev–Trinajstić information content (AvgIpc) is 2.72. The number of rotatable bonds is 4. The van der Waals surface area contributed by atoms with Crippen LogP contribution in [0.15, 0.2) is 72.8 Å². The van der Waals surface area contributed by atoms with Crippen LogP contribution in [0.5, 0.6) is 0 Å². The van der Waals surface area contributed by atoms with E-state index in [1.54, 1.807) is 24.3 Å². The van der Waals surface area contributed by atoms with E-state index in [0.29, 0.717) is 22.4 Å². The maximum Gasteiger partial charge on any atom is 0.255 e. The topological polar surface area (TPSA) is 46.2 Å². The van der Waals surface area contributed by atoms with Gasteiger partial charge in [-0.05, 0) is 46.2 Å². The zero-order valence-electron chi connectivity index (χ0n) is 19.2. The molecule has 0 saturated heterocycles. The van der Waals surface area contributed by atoms with Crippen LogP contribution in [0.4, 0.5) is 5.69 Å². The molecule has 160 valence electrons. The predicted molar refractivity (Wildman–Crippen MR) is 128 cm³/mol. The minimum atomic E-state index is -0.195. The van der Waals surface area contributed by atoms with E-state index >= 15 is 0 Å². The lowest BCUT2D eigenvalue weighted by molar-refractivity contribution is 0.102. The molecule has 0 unspecified atom stereocenters. The fraction of sp³-hybridized carbons (Fsp3) is 0.286. The Bertz CT molecular complexity index is 1080. The molecule has 0 atom stereocenters. The molecule has 3 rings (SSSR count). The summed E-state index contributed by atoms with van der Waals surface area (Å²) in [6, 6.07) is 22.4. The fourth-order valence-corrected chi connectivity index (χ4v) is 3.35. The SMILES string of the molecule is CC(C)(C)c1ccc(C(=O)Nc2cccc(C(=O)c3ccc(C(C)(C)C)cc3)c2)cc1. The van der Waals surface area contributed by atoms with Gasteiger partial charge in [0.25, 0.3) is 5.91 Å². The van der Waals surface area contributed by atoms with Gasteiger partial charge in [0.2, 0.25) is 0 Å². The van der Waals surface area contributed by atoms with Gasteiger partial charge in [0, 0.05) is 22.4 Å². The summed E-state index contributed by atoms with van der Waals surface area (Å²) in [6.45, 7) is 12.9. The third-order valence-corrected chi connectivity index (χ3v) is 5.41. The summed E-state index contributed by atoms with van der Waals surface area (Å²) < 4.78 is 0. The molecule has 1 N–H and O–H groups in total. The summed E-state index contributed by atoms with van der Waals surface area (Å²) >= 11 is 0. The fourth-order valence-electron chi connectivity index (χ4n) is 3.35. The number of nitrogens with one attached hydrogen (secondary N) is 1. The zero-order chi connectivity index (χ0) is 22.8. The number of amides is 1. The van der Waals surface area contributed by atoms with Gasteiger partial charge in [0.15, 0.2) is 5.78 Å². The van der Waals surface area contributed by atoms with Crippen LogP contribution >= 0.6 is 0 Å². The second kappa shape index (κ2) is 8.50. The standard InChI is InChI=1S/C28H31NO2/c1-27(2,3)22-14-10-19(11-15-22)25(30)21-8-7-9-24(18-21)29-26(31)20-12-16-23(17-13-20)28(4,5)6/h7-18H,1-6H3,(H,29,31). The van der Waals surface area contributed by atoms with Crippen LogP contribution in [-0.4, -0.2) is 11.7 Å². The van der Waals surface area contributed by atoms with Crippen LogP contribution in [0.25, 0.3) is 0 Å². The molecule has 0 saturated carbocycles. The number of carbonyl (C=O) groups excluding carboxylic acids is 2. The van der Waals surface area contributed by atoms with Crippen molar-refractivity contribution in [1.29, 1.82) is 0 Å². The van der Waals surface area contributed by atoms with Crippen molar-refractivity contribution in [1.82, 2.24) is 0 Å². The predicted octanol–water partition coefficient (Wildman–Crippen LogP) is 6.76. The van der Waals surface area contributed by atoms with E-state index in [0.717, 1.165) is 0 Å². The van der Waals surface area contributed by atoms with Gasteiger partial charge in [0.05, 0.1) is 0 Å². The first-order chi connectivity index (χ1) is 14.4. The molecule has 0 fully saturated rings. The Balaban J connectivity index is 1.75. The first-order valence-electron chi connectivity index (χ1n) is 10.6. The molecule has 31 heavy (non-hydrogen) atoms. The van der Waals surface area contributed by atoms with Gasteiger partial charge in [0.1, 0.15) is 0 Å². The monoisotopic (exact) mass is 413 g/mol. The molecule has 0 heterocycles. The highest BCUT2D eigenvalue weighted by molar-refractivity contribution is 6.10. The van der Waals surface area contributed by atoms with Gasteiger partial charge in [-0.1, -0.05) is 90.1 Å². The highest BCUT2D eigenvalue weighted by atomic mass is 16.1. The Morgan fingerprint density at radius 2 is 1.10 bits per heavy atom. The van der Waals surface area contributed by atoms with E-state index in [1.807, 2.05) is 48.5 Å². The Hall–Kier alpha value is -3.20. The molecule has 0 aliphatic rings. The van der Waals surface area contributed by atoms with Crippen molar-refractivity contribution in [3.8, 4) is 0 Å². The number of anilines is 1. The van der Waals surface area contributed by atoms with Crippen molar-refractivity contribution < 1.29 is 9.59 Å². The lowest BCUT2D eigenvalue weighted by atomic mass is 9.86. The maximum absolute atomic E-state index is 12.9. The molecule has 0 bridgehead atoms. The molecule has 0 aromatic heterocycles. The smallest absolute Gasteiger partial charge is 0.255 e. The average molecular weight is 414 g/mol. The first kappa shape index (κ1) is 22.5. The summed E-state index contributed by atoms with van der Waals surface area (Å²) in [5, 5.41) is 2.90. The minimum absolute atomic E-state index is 0.0365. The Kier molecular flexibility index (Phi) is 6.17. The number of benzene rings is 3. The molecular weight excluding hydrogens is 382 g/mol. The zero-order valence-corrected chi connectivity index (χ0v) is 19.2. The van der Waals surface area contributed by atoms with Crippen LogP contribution in [0.3, 0.4) is 0 Å². The Morgan fingerprint density at radius 3 is 1.58 bits per heavy atom. The molecule has 1 amide bonds. The van der Waals surface area contributed by atoms with Crippen molar-refractivity contribution in [3.05, 3.63) is 101 Å². The van der Waals surface area contributed by atoms with Crippen molar-refractivity contribution in [2.24, 2.45) is 0 Å². The van der Waals surface area contributed by atoms with Crippen molar-refractivity contribution in [2.45, 2.75) is 52.4 Å². The van der Waals surface area contributed by atoms with E-state index in [9.17, 15) is 9.59 Å². The van der Waals surface area contributed by atoms with Gasteiger partial charge in [-0.3, -0.25) is 9.59 Å². The van der Waals surface area contributed by atoms with E-state index in [1.165, 1.54) is 11.1 Å². The van der Waals surface area contributed by atoms with Crippen LogP contribution < -0.4 is 5.32 Å². The normalized spacial score (nSPS) is 11.8. The van der Waals surface area contributed by atoms with Crippen LogP contribution in [-0.2, 0) is 10.8 Å². The number of hydrogen-bond acceptors (Lipinski definition) is 2. The Morgan fingerprint density at radius 1 is 0.613 bits per heavy atom. The van der Waals surface area contributed by atoms with Crippen LogP contribution in [0.1, 0.15) is 78.9 Å². The van der Waals surface area contributed by atoms with Crippen LogP contribution in [0, 0.1) is 0 Å². The third-order valence-electron chi connectivity index (χ3n) is 5.41. The van der Waals surface area contributed by atoms with Gasteiger partial charge in [-0.25, -0.2) is 0 Å². The van der Waals surface area contributed by atoms with Gasteiger partial charge in [-0.15, -0.1) is 0 Å². The lowest BCUT2D eigenvalue weighted by Crippen LogP contribution is -2.14. The molecule has 3 heteroatoms. The Labute approximate surface area is 185 Å².